The van der Waals surface area contributed by atoms with Gasteiger partial charge in [0.05, 0.1) is 31.2 Å². The van der Waals surface area contributed by atoms with E-state index in [0.717, 1.165) is 10.6 Å². The molecule has 0 fully saturated rings. The molecule has 0 bridgehead atoms. The van der Waals surface area contributed by atoms with E-state index in [0.29, 0.717) is 12.8 Å². The topological polar surface area (TPSA) is 92.8 Å². The average Bonchev–Trinajstić information content (AvgIpc) is 2.50. The van der Waals surface area contributed by atoms with E-state index in [4.69, 9.17) is 0 Å². The fourth-order valence-electron chi connectivity index (χ4n) is 2.05. The third-order valence-corrected chi connectivity index (χ3v) is 4.27. The fourth-order valence-corrected chi connectivity index (χ4v) is 2.99. The molecule has 0 spiro atoms. The Hall–Kier alpha value is -2.09. The number of rotatable bonds is 8. The molecule has 7 nitrogen and oxygen atoms in total. The molecule has 0 saturated carbocycles. The number of para-hydroxylation sites is 1. The first-order valence-corrected chi connectivity index (χ1v) is 9.07. The summed E-state index contributed by atoms with van der Waals surface area (Å²) in [6.07, 6.45) is 2.15. The second-order valence-corrected chi connectivity index (χ2v) is 6.85. The molecule has 0 aromatic heterocycles. The summed E-state index contributed by atoms with van der Waals surface area (Å²) >= 11 is 0. The molecule has 23 heavy (non-hydrogen) atoms. The van der Waals surface area contributed by atoms with Crippen molar-refractivity contribution >= 4 is 27.6 Å². The van der Waals surface area contributed by atoms with Crippen LogP contribution in [0.3, 0.4) is 0 Å². The van der Waals surface area contributed by atoms with Gasteiger partial charge in [0.15, 0.2) is 0 Å². The Labute approximate surface area is 136 Å². The molecule has 128 valence electrons. The number of amides is 1. The second kappa shape index (κ2) is 8.52. The van der Waals surface area contributed by atoms with Crippen LogP contribution in [0, 0.1) is 0 Å². The monoisotopic (exact) mass is 342 g/mol. The maximum Gasteiger partial charge on any atom is 0.340 e. The van der Waals surface area contributed by atoms with Crippen LogP contribution >= 0.6 is 0 Å². The highest BCUT2D eigenvalue weighted by atomic mass is 32.2. The number of carbonyl (C=O) groups excluding carboxylic acids is 2. The molecule has 1 rings (SSSR count). The largest absolute Gasteiger partial charge is 0.465 e. The van der Waals surface area contributed by atoms with E-state index in [2.05, 4.69) is 10.1 Å². The highest BCUT2D eigenvalue weighted by Gasteiger charge is 2.23. The predicted molar refractivity (Wildman–Crippen MR) is 87.9 cm³/mol. The number of carbonyl (C=O) groups is 2. The highest BCUT2D eigenvalue weighted by molar-refractivity contribution is 7.92. The molecule has 0 unspecified atom stereocenters. The van der Waals surface area contributed by atoms with Gasteiger partial charge in [-0.15, -0.1) is 0 Å². The van der Waals surface area contributed by atoms with Gasteiger partial charge in [0, 0.05) is 13.0 Å². The summed E-state index contributed by atoms with van der Waals surface area (Å²) in [4.78, 5) is 23.3. The molecule has 1 aromatic rings. The van der Waals surface area contributed by atoms with Gasteiger partial charge in [-0.3, -0.25) is 9.10 Å². The van der Waals surface area contributed by atoms with E-state index in [9.17, 15) is 18.0 Å². The molecule has 0 radical (unpaired) electrons. The molecular formula is C15H22N2O5S. The molecule has 1 N–H and O–H groups in total. The molecule has 1 amide bonds. The van der Waals surface area contributed by atoms with Crippen molar-refractivity contribution in [3.63, 3.8) is 0 Å². The first-order chi connectivity index (χ1) is 10.8. The molecule has 0 aliphatic carbocycles. The molecule has 0 aliphatic rings. The molecular weight excluding hydrogens is 320 g/mol. The molecule has 0 atom stereocenters. The summed E-state index contributed by atoms with van der Waals surface area (Å²) in [6.45, 7) is 2.07. The number of methoxy groups -OCH3 is 1. The molecule has 0 heterocycles. The number of nitrogens with zero attached hydrogens (tertiary/aromatic N) is 1. The van der Waals surface area contributed by atoms with Gasteiger partial charge >= 0.3 is 5.97 Å². The Morgan fingerprint density at radius 2 is 1.91 bits per heavy atom. The molecule has 0 saturated heterocycles. The van der Waals surface area contributed by atoms with Crippen molar-refractivity contribution in [1.82, 2.24) is 5.32 Å². The maximum atomic E-state index is 12.1. The van der Waals surface area contributed by atoms with Gasteiger partial charge in [-0.2, -0.15) is 0 Å². The van der Waals surface area contributed by atoms with Gasteiger partial charge in [0.2, 0.25) is 15.9 Å². The van der Waals surface area contributed by atoms with Gasteiger partial charge in [-0.1, -0.05) is 19.1 Å². The second-order valence-electron chi connectivity index (χ2n) is 4.94. The maximum absolute atomic E-state index is 12.1. The lowest BCUT2D eigenvalue weighted by Crippen LogP contribution is -2.38. The van der Waals surface area contributed by atoms with Crippen LogP contribution in [0.15, 0.2) is 24.3 Å². The summed E-state index contributed by atoms with van der Waals surface area (Å²) < 4.78 is 29.9. The number of esters is 1. The summed E-state index contributed by atoms with van der Waals surface area (Å²) in [5.74, 6) is -0.758. The van der Waals surface area contributed by atoms with E-state index < -0.39 is 16.0 Å². The van der Waals surface area contributed by atoms with Gasteiger partial charge in [-0.05, 0) is 18.6 Å². The summed E-state index contributed by atoms with van der Waals surface area (Å²) in [6, 6.07) is 6.28. The van der Waals surface area contributed by atoms with Crippen LogP contribution in [-0.4, -0.2) is 46.7 Å². The SMILES string of the molecule is CCCC(=O)NCCN(c1ccccc1C(=O)OC)S(C)(=O)=O. The predicted octanol–water partition coefficient (Wildman–Crippen LogP) is 1.16. The van der Waals surface area contributed by atoms with Crippen LogP contribution in [0.4, 0.5) is 5.69 Å². The summed E-state index contributed by atoms with van der Waals surface area (Å²) in [5, 5.41) is 2.66. The van der Waals surface area contributed by atoms with Crippen LogP contribution in [0.5, 0.6) is 0 Å². The third kappa shape index (κ3) is 5.55. The zero-order valence-corrected chi connectivity index (χ0v) is 14.4. The summed E-state index contributed by atoms with van der Waals surface area (Å²) in [5.41, 5.74) is 0.381. The lowest BCUT2D eigenvalue weighted by molar-refractivity contribution is -0.121. The number of hydrogen-bond donors (Lipinski definition) is 1. The Morgan fingerprint density at radius 1 is 1.26 bits per heavy atom. The van der Waals surface area contributed by atoms with Crippen molar-refractivity contribution in [2.75, 3.05) is 30.8 Å². The van der Waals surface area contributed by atoms with Gasteiger partial charge in [-0.25, -0.2) is 13.2 Å². The van der Waals surface area contributed by atoms with Gasteiger partial charge in [0.1, 0.15) is 0 Å². The van der Waals surface area contributed by atoms with E-state index >= 15 is 0 Å². The zero-order valence-electron chi connectivity index (χ0n) is 13.5. The van der Waals surface area contributed by atoms with Crippen molar-refractivity contribution in [2.45, 2.75) is 19.8 Å². The quantitative estimate of drug-likeness (QED) is 0.716. The lowest BCUT2D eigenvalue weighted by atomic mass is 10.2. The van der Waals surface area contributed by atoms with Crippen LogP contribution in [0.1, 0.15) is 30.1 Å². The molecule has 1 aromatic carbocycles. The van der Waals surface area contributed by atoms with Crippen LogP contribution in [-0.2, 0) is 19.6 Å². The van der Waals surface area contributed by atoms with Crippen molar-refractivity contribution in [2.24, 2.45) is 0 Å². The van der Waals surface area contributed by atoms with Crippen molar-refractivity contribution < 1.29 is 22.7 Å². The summed E-state index contributed by atoms with van der Waals surface area (Å²) in [7, 11) is -2.39. The smallest absolute Gasteiger partial charge is 0.340 e. The van der Waals surface area contributed by atoms with Gasteiger partial charge in [0.25, 0.3) is 0 Å². The third-order valence-electron chi connectivity index (χ3n) is 3.09. The minimum Gasteiger partial charge on any atom is -0.465 e. The van der Waals surface area contributed by atoms with Crippen LogP contribution in [0.25, 0.3) is 0 Å². The van der Waals surface area contributed by atoms with E-state index in [1.54, 1.807) is 12.1 Å². The van der Waals surface area contributed by atoms with E-state index in [-0.39, 0.29) is 30.2 Å². The Balaban J connectivity index is 3.01. The van der Waals surface area contributed by atoms with Crippen LogP contribution < -0.4 is 9.62 Å². The zero-order chi connectivity index (χ0) is 17.5. The first-order valence-electron chi connectivity index (χ1n) is 7.23. The first kappa shape index (κ1) is 19.0. The number of anilines is 1. The average molecular weight is 342 g/mol. The van der Waals surface area contributed by atoms with Gasteiger partial charge < -0.3 is 10.1 Å². The van der Waals surface area contributed by atoms with Crippen molar-refractivity contribution in [1.29, 1.82) is 0 Å². The number of hydrogen-bond acceptors (Lipinski definition) is 5. The Kier molecular flexibility index (Phi) is 7.02. The number of sulfonamides is 1. The minimum absolute atomic E-state index is 0.0301. The van der Waals surface area contributed by atoms with Crippen LogP contribution in [0.2, 0.25) is 0 Å². The number of benzene rings is 1. The Morgan fingerprint density at radius 3 is 2.48 bits per heavy atom. The molecule has 8 heteroatoms. The van der Waals surface area contributed by atoms with E-state index in [1.807, 2.05) is 6.92 Å². The van der Waals surface area contributed by atoms with E-state index in [1.165, 1.54) is 19.2 Å². The standard InChI is InChI=1S/C15H22N2O5S/c1-4-7-14(18)16-10-11-17(23(3,20)21)13-9-6-5-8-12(13)15(19)22-2/h5-6,8-9H,4,7,10-11H2,1-3H3,(H,16,18). The molecule has 0 aliphatic heterocycles. The lowest BCUT2D eigenvalue weighted by Gasteiger charge is -2.24. The van der Waals surface area contributed by atoms with Crippen molar-refractivity contribution in [3.05, 3.63) is 29.8 Å². The highest BCUT2D eigenvalue weighted by Crippen LogP contribution is 2.23. The minimum atomic E-state index is -3.62. The fraction of sp³-hybridized carbons (Fsp3) is 0.467. The number of ether oxygens (including phenoxy) is 1. The Bertz CT molecular complexity index is 658. The number of nitrogens with one attached hydrogen (secondary N) is 1. The van der Waals surface area contributed by atoms with Crippen molar-refractivity contribution in [3.8, 4) is 0 Å². The normalized spacial score (nSPS) is 10.9.